The van der Waals surface area contributed by atoms with Crippen molar-refractivity contribution < 1.29 is 8.42 Å². The Morgan fingerprint density at radius 3 is 2.65 bits per heavy atom. The first-order chi connectivity index (χ1) is 7.88. The average molecular weight is 252 g/mol. The number of fused-ring (bicyclic) bond motifs is 1. The van der Waals surface area contributed by atoms with Crippen LogP contribution in [0.3, 0.4) is 0 Å². The second-order valence-electron chi connectivity index (χ2n) is 4.58. The van der Waals surface area contributed by atoms with E-state index in [-0.39, 0.29) is 11.8 Å². The highest BCUT2D eigenvalue weighted by molar-refractivity contribution is 7.90. The molecule has 92 valence electrons. The molecule has 1 heterocycles. The minimum Gasteiger partial charge on any atom is -0.349 e. The molecule has 0 saturated heterocycles. The van der Waals surface area contributed by atoms with Crippen LogP contribution in [0.25, 0.3) is 0 Å². The summed E-state index contributed by atoms with van der Waals surface area (Å²) < 4.78 is 22.6. The molecule has 0 aromatic heterocycles. The molecule has 0 aliphatic carbocycles. The fraction of sp³-hybridized carbons (Fsp3) is 0.417. The maximum atomic E-state index is 11.3. The standard InChI is InChI=1S/C12H16N2O2S/c1-9(8-17(2,15)16)14-7-10-5-3-4-6-11(10)12(14)13/h3-6,9,13H,7-8H2,1-2H3. The summed E-state index contributed by atoms with van der Waals surface area (Å²) >= 11 is 0. The van der Waals surface area contributed by atoms with Crippen LogP contribution in [0.5, 0.6) is 0 Å². The van der Waals surface area contributed by atoms with E-state index in [1.54, 1.807) is 0 Å². The molecule has 1 aromatic carbocycles. The van der Waals surface area contributed by atoms with Crippen LogP contribution in [0, 0.1) is 5.41 Å². The van der Waals surface area contributed by atoms with Gasteiger partial charge in [0.25, 0.3) is 0 Å². The first-order valence-electron chi connectivity index (χ1n) is 5.49. The molecule has 0 radical (unpaired) electrons. The van der Waals surface area contributed by atoms with Crippen molar-refractivity contribution in [2.45, 2.75) is 19.5 Å². The number of hydrogen-bond donors (Lipinski definition) is 1. The van der Waals surface area contributed by atoms with Crippen molar-refractivity contribution in [3.8, 4) is 0 Å². The topological polar surface area (TPSA) is 61.2 Å². The Hall–Kier alpha value is -1.36. The van der Waals surface area contributed by atoms with Crippen LogP contribution >= 0.6 is 0 Å². The normalized spacial score (nSPS) is 17.1. The van der Waals surface area contributed by atoms with Crippen molar-refractivity contribution in [2.75, 3.05) is 12.0 Å². The van der Waals surface area contributed by atoms with Crippen LogP contribution in [-0.4, -0.2) is 37.2 Å². The van der Waals surface area contributed by atoms with Crippen LogP contribution in [0.15, 0.2) is 24.3 Å². The molecule has 1 unspecified atom stereocenters. The predicted octanol–water partition coefficient (Wildman–Crippen LogP) is 1.26. The largest absolute Gasteiger partial charge is 0.349 e. The van der Waals surface area contributed by atoms with Crippen LogP contribution in [0.1, 0.15) is 18.1 Å². The van der Waals surface area contributed by atoms with Gasteiger partial charge in [0.2, 0.25) is 0 Å². The van der Waals surface area contributed by atoms with Gasteiger partial charge in [-0.2, -0.15) is 0 Å². The highest BCUT2D eigenvalue weighted by Crippen LogP contribution is 2.24. The lowest BCUT2D eigenvalue weighted by Crippen LogP contribution is -2.38. The molecule has 1 aromatic rings. The molecule has 0 fully saturated rings. The minimum atomic E-state index is -3.01. The summed E-state index contributed by atoms with van der Waals surface area (Å²) in [4.78, 5) is 1.84. The number of hydrogen-bond acceptors (Lipinski definition) is 3. The fourth-order valence-electron chi connectivity index (χ4n) is 2.21. The van der Waals surface area contributed by atoms with Gasteiger partial charge in [-0.1, -0.05) is 24.3 Å². The smallest absolute Gasteiger partial charge is 0.149 e. The van der Waals surface area contributed by atoms with E-state index in [0.717, 1.165) is 11.1 Å². The molecule has 2 rings (SSSR count). The molecular weight excluding hydrogens is 236 g/mol. The molecule has 5 heteroatoms. The van der Waals surface area contributed by atoms with E-state index >= 15 is 0 Å². The first kappa shape index (κ1) is 12.1. The van der Waals surface area contributed by atoms with Gasteiger partial charge in [0.15, 0.2) is 0 Å². The molecule has 0 spiro atoms. The summed E-state index contributed by atoms with van der Waals surface area (Å²) in [6, 6.07) is 7.57. The lowest BCUT2D eigenvalue weighted by molar-refractivity contribution is 0.356. The monoisotopic (exact) mass is 252 g/mol. The van der Waals surface area contributed by atoms with Crippen molar-refractivity contribution >= 4 is 15.7 Å². The van der Waals surface area contributed by atoms with Gasteiger partial charge in [-0.15, -0.1) is 0 Å². The highest BCUT2D eigenvalue weighted by atomic mass is 32.2. The summed E-state index contributed by atoms with van der Waals surface area (Å²) in [6.07, 6.45) is 1.23. The number of benzene rings is 1. The lowest BCUT2D eigenvalue weighted by atomic mass is 10.1. The predicted molar refractivity (Wildman–Crippen MR) is 68.0 cm³/mol. The Morgan fingerprint density at radius 2 is 2.06 bits per heavy atom. The van der Waals surface area contributed by atoms with Crippen molar-refractivity contribution in [1.82, 2.24) is 4.90 Å². The van der Waals surface area contributed by atoms with Crippen LogP contribution in [0.2, 0.25) is 0 Å². The quantitative estimate of drug-likeness (QED) is 0.881. The molecule has 0 saturated carbocycles. The second-order valence-corrected chi connectivity index (χ2v) is 6.76. The summed E-state index contributed by atoms with van der Waals surface area (Å²) in [6.45, 7) is 2.48. The third-order valence-electron chi connectivity index (χ3n) is 2.98. The van der Waals surface area contributed by atoms with E-state index < -0.39 is 9.84 Å². The Kier molecular flexibility index (Phi) is 2.95. The summed E-state index contributed by atoms with van der Waals surface area (Å²) in [5.74, 6) is 0.514. The maximum absolute atomic E-state index is 11.3. The van der Waals surface area contributed by atoms with E-state index in [1.165, 1.54) is 6.26 Å². The Balaban J connectivity index is 2.20. The van der Waals surface area contributed by atoms with Crippen molar-refractivity contribution in [3.63, 3.8) is 0 Å². The maximum Gasteiger partial charge on any atom is 0.149 e. The van der Waals surface area contributed by atoms with Crippen LogP contribution in [-0.2, 0) is 16.4 Å². The fourth-order valence-corrected chi connectivity index (χ4v) is 3.27. The van der Waals surface area contributed by atoms with Crippen LogP contribution < -0.4 is 0 Å². The molecule has 0 bridgehead atoms. The van der Waals surface area contributed by atoms with Crippen LogP contribution in [0.4, 0.5) is 0 Å². The van der Waals surface area contributed by atoms with Gasteiger partial charge < -0.3 is 4.90 Å². The van der Waals surface area contributed by atoms with Gasteiger partial charge in [0.1, 0.15) is 15.7 Å². The minimum absolute atomic E-state index is 0.0867. The second kappa shape index (κ2) is 4.14. The molecule has 0 amide bonds. The van der Waals surface area contributed by atoms with Gasteiger partial charge in [-0.25, -0.2) is 8.42 Å². The molecule has 1 aliphatic heterocycles. The van der Waals surface area contributed by atoms with Crippen molar-refractivity contribution in [1.29, 1.82) is 5.41 Å². The Labute approximate surface area is 102 Å². The van der Waals surface area contributed by atoms with E-state index in [0.29, 0.717) is 12.4 Å². The number of amidine groups is 1. The molecule has 17 heavy (non-hydrogen) atoms. The molecule has 4 nitrogen and oxygen atoms in total. The number of nitrogens with one attached hydrogen (secondary N) is 1. The summed E-state index contributed by atoms with van der Waals surface area (Å²) in [7, 11) is -3.01. The molecule has 1 atom stereocenters. The molecule has 1 aliphatic rings. The number of rotatable bonds is 3. The average Bonchev–Trinajstić information content (AvgIpc) is 2.55. The van der Waals surface area contributed by atoms with Crippen molar-refractivity contribution in [3.05, 3.63) is 35.4 Å². The van der Waals surface area contributed by atoms with E-state index in [1.807, 2.05) is 36.1 Å². The van der Waals surface area contributed by atoms with E-state index in [2.05, 4.69) is 0 Å². The van der Waals surface area contributed by atoms with Gasteiger partial charge in [0, 0.05) is 24.4 Å². The third kappa shape index (κ3) is 2.49. The number of nitrogens with zero attached hydrogens (tertiary/aromatic N) is 1. The zero-order chi connectivity index (χ0) is 12.6. The molecule has 1 N–H and O–H groups in total. The van der Waals surface area contributed by atoms with Gasteiger partial charge in [-0.05, 0) is 12.5 Å². The van der Waals surface area contributed by atoms with Gasteiger partial charge in [0.05, 0.1) is 5.75 Å². The van der Waals surface area contributed by atoms with Gasteiger partial charge >= 0.3 is 0 Å². The van der Waals surface area contributed by atoms with Gasteiger partial charge in [-0.3, -0.25) is 5.41 Å². The van der Waals surface area contributed by atoms with Crippen molar-refractivity contribution in [2.24, 2.45) is 0 Å². The zero-order valence-electron chi connectivity index (χ0n) is 9.97. The summed E-state index contributed by atoms with van der Waals surface area (Å²) in [5, 5.41) is 8.06. The Bertz CT molecular complexity index is 551. The number of sulfone groups is 1. The van der Waals surface area contributed by atoms with E-state index in [4.69, 9.17) is 5.41 Å². The Morgan fingerprint density at radius 1 is 1.41 bits per heavy atom. The molecular formula is C12H16N2O2S. The van der Waals surface area contributed by atoms with E-state index in [9.17, 15) is 8.42 Å². The third-order valence-corrected chi connectivity index (χ3v) is 4.06. The highest BCUT2D eigenvalue weighted by Gasteiger charge is 2.28. The zero-order valence-corrected chi connectivity index (χ0v) is 10.8. The SMILES string of the molecule is CC(CS(C)(=O)=O)N1Cc2ccccc2C1=N. The summed E-state index contributed by atoms with van der Waals surface area (Å²) in [5.41, 5.74) is 2.01. The lowest BCUT2D eigenvalue weighted by Gasteiger charge is -2.25. The first-order valence-corrected chi connectivity index (χ1v) is 7.56.